The minimum Gasteiger partial charge on any atom is -0.244 e. The number of thiazole rings is 1. The second kappa shape index (κ2) is 4.55. The summed E-state index contributed by atoms with van der Waals surface area (Å²) in [5, 5.41) is 10.1. The highest BCUT2D eigenvalue weighted by molar-refractivity contribution is 7.12. The minimum absolute atomic E-state index is 0.425. The molecule has 1 heterocycles. The molecule has 16 heavy (non-hydrogen) atoms. The Balaban J connectivity index is 2.31. The molecule has 1 aromatic rings. The first-order chi connectivity index (χ1) is 7.63. The first-order valence-electron chi connectivity index (χ1n) is 6.04. The summed E-state index contributed by atoms with van der Waals surface area (Å²) in [6.45, 7) is 3.91. The van der Waals surface area contributed by atoms with Crippen LogP contribution in [0, 0.1) is 11.3 Å². The molecule has 0 saturated carbocycles. The van der Waals surface area contributed by atoms with Gasteiger partial charge in [0.1, 0.15) is 10.4 Å². The smallest absolute Gasteiger partial charge is 0.113 e. The molecule has 2 rings (SSSR count). The molecular weight excluding hydrogens is 216 g/mol. The first kappa shape index (κ1) is 11.6. The SMILES string of the molecule is CC(C)(C#N)c1nc2c(s1)CCCCCC2. The van der Waals surface area contributed by atoms with Gasteiger partial charge in [0.2, 0.25) is 0 Å². The highest BCUT2D eigenvalue weighted by atomic mass is 32.1. The summed E-state index contributed by atoms with van der Waals surface area (Å²) in [4.78, 5) is 6.12. The zero-order chi connectivity index (χ0) is 11.6. The van der Waals surface area contributed by atoms with Crippen LogP contribution in [0.25, 0.3) is 0 Å². The van der Waals surface area contributed by atoms with E-state index in [1.165, 1.54) is 36.3 Å². The molecule has 0 aliphatic heterocycles. The molecule has 0 unspecified atom stereocenters. The van der Waals surface area contributed by atoms with Crippen molar-refractivity contribution in [2.45, 2.75) is 57.8 Å². The van der Waals surface area contributed by atoms with Crippen molar-refractivity contribution in [2.24, 2.45) is 0 Å². The largest absolute Gasteiger partial charge is 0.244 e. The Hall–Kier alpha value is -0.880. The fourth-order valence-electron chi connectivity index (χ4n) is 2.02. The predicted octanol–water partition coefficient (Wildman–Crippen LogP) is 3.60. The fraction of sp³-hybridized carbons (Fsp3) is 0.692. The normalized spacial score (nSPS) is 17.1. The van der Waals surface area contributed by atoms with Crippen LogP contribution in [-0.2, 0) is 18.3 Å². The molecule has 3 heteroatoms. The van der Waals surface area contributed by atoms with Gasteiger partial charge in [0, 0.05) is 4.88 Å². The van der Waals surface area contributed by atoms with Gasteiger partial charge in [0.25, 0.3) is 0 Å². The summed E-state index contributed by atoms with van der Waals surface area (Å²) in [5.41, 5.74) is 0.842. The Morgan fingerprint density at radius 1 is 1.19 bits per heavy atom. The Kier molecular flexibility index (Phi) is 3.30. The zero-order valence-corrected chi connectivity index (χ0v) is 10.9. The molecule has 0 N–H and O–H groups in total. The van der Waals surface area contributed by atoms with Crippen LogP contribution >= 0.6 is 11.3 Å². The molecule has 0 saturated heterocycles. The van der Waals surface area contributed by atoms with Crippen LogP contribution in [0.3, 0.4) is 0 Å². The highest BCUT2D eigenvalue weighted by Gasteiger charge is 2.26. The summed E-state index contributed by atoms with van der Waals surface area (Å²) < 4.78 is 0. The Morgan fingerprint density at radius 2 is 1.88 bits per heavy atom. The van der Waals surface area contributed by atoms with E-state index in [4.69, 9.17) is 10.2 Å². The molecule has 0 fully saturated rings. The maximum Gasteiger partial charge on any atom is 0.113 e. The predicted molar refractivity (Wildman–Crippen MR) is 66.6 cm³/mol. The van der Waals surface area contributed by atoms with E-state index in [0.717, 1.165) is 17.8 Å². The van der Waals surface area contributed by atoms with E-state index >= 15 is 0 Å². The van der Waals surface area contributed by atoms with Gasteiger partial charge < -0.3 is 0 Å². The van der Waals surface area contributed by atoms with E-state index in [1.807, 2.05) is 13.8 Å². The van der Waals surface area contributed by atoms with Gasteiger partial charge in [-0.25, -0.2) is 4.98 Å². The number of fused-ring (bicyclic) bond motifs is 1. The van der Waals surface area contributed by atoms with Crippen molar-refractivity contribution >= 4 is 11.3 Å². The molecule has 0 spiro atoms. The molecule has 1 aliphatic carbocycles. The third-order valence-corrected chi connectivity index (χ3v) is 4.64. The van der Waals surface area contributed by atoms with E-state index in [1.54, 1.807) is 11.3 Å². The number of hydrogen-bond donors (Lipinski definition) is 0. The Labute approximate surface area is 101 Å². The van der Waals surface area contributed by atoms with Crippen molar-refractivity contribution in [3.8, 4) is 6.07 Å². The minimum atomic E-state index is -0.425. The van der Waals surface area contributed by atoms with Gasteiger partial charge in [0.15, 0.2) is 0 Å². The van der Waals surface area contributed by atoms with Crippen LogP contribution in [-0.4, -0.2) is 4.98 Å². The van der Waals surface area contributed by atoms with Crippen molar-refractivity contribution in [1.29, 1.82) is 5.26 Å². The number of nitrogens with zero attached hydrogens (tertiary/aromatic N) is 2. The summed E-state index contributed by atoms with van der Waals surface area (Å²) in [7, 11) is 0. The zero-order valence-electron chi connectivity index (χ0n) is 10.0. The number of aryl methyl sites for hydroxylation is 2. The molecule has 0 atom stereocenters. The maximum atomic E-state index is 9.14. The number of hydrogen-bond acceptors (Lipinski definition) is 3. The van der Waals surface area contributed by atoms with E-state index in [-0.39, 0.29) is 0 Å². The molecule has 0 aromatic carbocycles. The van der Waals surface area contributed by atoms with E-state index in [2.05, 4.69) is 6.07 Å². The van der Waals surface area contributed by atoms with Gasteiger partial charge in [-0.05, 0) is 39.5 Å². The van der Waals surface area contributed by atoms with Gasteiger partial charge in [0.05, 0.1) is 11.8 Å². The second-order valence-corrected chi connectivity index (χ2v) is 6.12. The van der Waals surface area contributed by atoms with Gasteiger partial charge >= 0.3 is 0 Å². The highest BCUT2D eigenvalue weighted by Crippen LogP contribution is 2.32. The fourth-order valence-corrected chi connectivity index (χ4v) is 3.22. The van der Waals surface area contributed by atoms with E-state index in [0.29, 0.717) is 0 Å². The van der Waals surface area contributed by atoms with Gasteiger partial charge in [-0.15, -0.1) is 11.3 Å². The summed E-state index contributed by atoms with van der Waals surface area (Å²) in [5.74, 6) is 0. The van der Waals surface area contributed by atoms with Crippen LogP contribution in [0.4, 0.5) is 0 Å². The molecule has 86 valence electrons. The third kappa shape index (κ3) is 2.27. The number of nitriles is 1. The van der Waals surface area contributed by atoms with E-state index in [9.17, 15) is 0 Å². The third-order valence-electron chi connectivity index (χ3n) is 3.16. The van der Waals surface area contributed by atoms with Gasteiger partial charge in [-0.2, -0.15) is 5.26 Å². The standard InChI is InChI=1S/C13H18N2S/c1-13(2,9-14)12-15-10-7-5-3-4-6-8-11(10)16-12/h3-8H2,1-2H3. The van der Waals surface area contributed by atoms with Crippen molar-refractivity contribution in [3.63, 3.8) is 0 Å². The molecule has 2 nitrogen and oxygen atoms in total. The van der Waals surface area contributed by atoms with Crippen LogP contribution in [0.1, 0.15) is 55.1 Å². The Bertz CT molecular complexity index is 387. The summed E-state index contributed by atoms with van der Waals surface area (Å²) in [6.07, 6.45) is 7.47. The summed E-state index contributed by atoms with van der Waals surface area (Å²) >= 11 is 1.76. The average molecular weight is 234 g/mol. The van der Waals surface area contributed by atoms with Crippen LogP contribution < -0.4 is 0 Å². The average Bonchev–Trinajstić information content (AvgIpc) is 2.61. The lowest BCUT2D eigenvalue weighted by Gasteiger charge is -2.09. The van der Waals surface area contributed by atoms with Crippen molar-refractivity contribution in [2.75, 3.05) is 0 Å². The lowest BCUT2D eigenvalue weighted by molar-refractivity contribution is 0.611. The monoisotopic (exact) mass is 234 g/mol. The number of aromatic nitrogens is 1. The van der Waals surface area contributed by atoms with Crippen molar-refractivity contribution in [1.82, 2.24) is 4.98 Å². The number of rotatable bonds is 1. The quantitative estimate of drug-likeness (QED) is 0.744. The Morgan fingerprint density at radius 3 is 2.56 bits per heavy atom. The van der Waals surface area contributed by atoms with Crippen LogP contribution in [0.2, 0.25) is 0 Å². The molecule has 0 bridgehead atoms. The molecular formula is C13H18N2S. The lowest BCUT2D eigenvalue weighted by atomic mass is 9.97. The second-order valence-electron chi connectivity index (χ2n) is 5.04. The summed E-state index contributed by atoms with van der Waals surface area (Å²) in [6, 6.07) is 2.35. The van der Waals surface area contributed by atoms with Crippen molar-refractivity contribution in [3.05, 3.63) is 15.6 Å². The van der Waals surface area contributed by atoms with E-state index < -0.39 is 5.41 Å². The molecule has 0 amide bonds. The van der Waals surface area contributed by atoms with Gasteiger partial charge in [-0.3, -0.25) is 0 Å². The molecule has 0 radical (unpaired) electrons. The van der Waals surface area contributed by atoms with Gasteiger partial charge in [-0.1, -0.05) is 12.8 Å². The maximum absolute atomic E-state index is 9.14. The first-order valence-corrected chi connectivity index (χ1v) is 6.85. The van der Waals surface area contributed by atoms with Crippen LogP contribution in [0.5, 0.6) is 0 Å². The lowest BCUT2D eigenvalue weighted by Crippen LogP contribution is -2.13. The van der Waals surface area contributed by atoms with Crippen molar-refractivity contribution < 1.29 is 0 Å². The van der Waals surface area contributed by atoms with Crippen LogP contribution in [0.15, 0.2) is 0 Å². The topological polar surface area (TPSA) is 36.7 Å². The molecule has 1 aliphatic rings. The molecule has 1 aromatic heterocycles.